The Morgan fingerprint density at radius 3 is 2.16 bits per heavy atom. The lowest BCUT2D eigenvalue weighted by Gasteiger charge is -2.24. The summed E-state index contributed by atoms with van der Waals surface area (Å²) in [6.07, 6.45) is 0. The minimum atomic E-state index is 0.0557. The second-order valence-corrected chi connectivity index (χ2v) is 7.24. The predicted octanol–water partition coefficient (Wildman–Crippen LogP) is 3.79. The van der Waals surface area contributed by atoms with Crippen molar-refractivity contribution in [2.24, 2.45) is 4.99 Å². The van der Waals surface area contributed by atoms with Crippen LogP contribution in [0.25, 0.3) is 0 Å². The van der Waals surface area contributed by atoms with E-state index in [0.717, 1.165) is 17.8 Å². The predicted molar refractivity (Wildman–Crippen MR) is 130 cm³/mol. The standard InChI is InChI=1S/C24H36N4O4/c1-8-25-24(27-18-11-13-21(32-9-2)23(15-18)31-7)26-16-19(28(3)4)17-10-12-20(29-5)22(14-17)30-6/h10-15,19H,8-9,16H2,1-7H3,(H2,25,26,27). The number of hydrogen-bond acceptors (Lipinski definition) is 6. The Morgan fingerprint density at radius 1 is 0.906 bits per heavy atom. The Bertz CT molecular complexity index is 886. The molecular weight excluding hydrogens is 408 g/mol. The largest absolute Gasteiger partial charge is 0.493 e. The van der Waals surface area contributed by atoms with E-state index >= 15 is 0 Å². The molecule has 32 heavy (non-hydrogen) atoms. The molecule has 0 fully saturated rings. The molecule has 1 unspecified atom stereocenters. The number of anilines is 1. The quantitative estimate of drug-likeness (QED) is 0.403. The van der Waals surface area contributed by atoms with Crippen molar-refractivity contribution in [1.29, 1.82) is 0 Å². The molecule has 0 aliphatic heterocycles. The van der Waals surface area contributed by atoms with Gasteiger partial charge in [0.15, 0.2) is 29.0 Å². The van der Waals surface area contributed by atoms with E-state index in [0.29, 0.717) is 42.1 Å². The van der Waals surface area contributed by atoms with Crippen molar-refractivity contribution in [1.82, 2.24) is 10.2 Å². The van der Waals surface area contributed by atoms with Crippen molar-refractivity contribution in [3.63, 3.8) is 0 Å². The molecule has 0 aromatic heterocycles. The Kier molecular flexibility index (Phi) is 9.94. The van der Waals surface area contributed by atoms with Crippen molar-refractivity contribution < 1.29 is 18.9 Å². The third kappa shape index (κ3) is 6.68. The minimum Gasteiger partial charge on any atom is -0.493 e. The Balaban J connectivity index is 2.25. The van der Waals surface area contributed by atoms with Gasteiger partial charge in [-0.15, -0.1) is 0 Å². The van der Waals surface area contributed by atoms with Crippen LogP contribution in [0, 0.1) is 0 Å². The van der Waals surface area contributed by atoms with Gasteiger partial charge in [-0.1, -0.05) is 6.07 Å². The summed E-state index contributed by atoms with van der Waals surface area (Å²) in [6, 6.07) is 11.7. The minimum absolute atomic E-state index is 0.0557. The van der Waals surface area contributed by atoms with Gasteiger partial charge < -0.3 is 34.5 Å². The van der Waals surface area contributed by atoms with Gasteiger partial charge in [-0.05, 0) is 57.8 Å². The number of guanidine groups is 1. The van der Waals surface area contributed by atoms with Crippen molar-refractivity contribution in [2.75, 3.05) is 60.4 Å². The highest BCUT2D eigenvalue weighted by Crippen LogP contribution is 2.32. The van der Waals surface area contributed by atoms with Crippen LogP contribution < -0.4 is 29.6 Å². The van der Waals surface area contributed by atoms with E-state index in [-0.39, 0.29) is 6.04 Å². The maximum absolute atomic E-state index is 5.60. The number of hydrogen-bond donors (Lipinski definition) is 2. The fourth-order valence-electron chi connectivity index (χ4n) is 3.27. The van der Waals surface area contributed by atoms with Crippen LogP contribution in [0.2, 0.25) is 0 Å². The summed E-state index contributed by atoms with van der Waals surface area (Å²) in [4.78, 5) is 6.96. The van der Waals surface area contributed by atoms with Crippen LogP contribution in [0.15, 0.2) is 41.4 Å². The molecule has 8 heteroatoms. The molecule has 0 radical (unpaired) electrons. The Morgan fingerprint density at radius 2 is 1.56 bits per heavy atom. The molecule has 2 aromatic rings. The first-order valence-electron chi connectivity index (χ1n) is 10.7. The number of methoxy groups -OCH3 is 3. The summed E-state index contributed by atoms with van der Waals surface area (Å²) in [7, 11) is 8.98. The van der Waals surface area contributed by atoms with Crippen LogP contribution in [-0.2, 0) is 0 Å². The molecule has 0 aliphatic rings. The second kappa shape index (κ2) is 12.7. The Labute approximate surface area is 191 Å². The smallest absolute Gasteiger partial charge is 0.195 e. The van der Waals surface area contributed by atoms with Gasteiger partial charge in [-0.2, -0.15) is 0 Å². The number of nitrogens with one attached hydrogen (secondary N) is 2. The average molecular weight is 445 g/mol. The van der Waals surface area contributed by atoms with Crippen molar-refractivity contribution in [3.8, 4) is 23.0 Å². The molecule has 0 saturated carbocycles. The van der Waals surface area contributed by atoms with Gasteiger partial charge in [0, 0.05) is 18.3 Å². The highest BCUT2D eigenvalue weighted by molar-refractivity contribution is 5.94. The van der Waals surface area contributed by atoms with Crippen LogP contribution in [0.1, 0.15) is 25.5 Å². The van der Waals surface area contributed by atoms with E-state index in [4.69, 9.17) is 23.9 Å². The average Bonchev–Trinajstić information content (AvgIpc) is 2.79. The first-order valence-corrected chi connectivity index (χ1v) is 10.7. The monoisotopic (exact) mass is 444 g/mol. The molecule has 8 nitrogen and oxygen atoms in total. The van der Waals surface area contributed by atoms with Gasteiger partial charge in [0.2, 0.25) is 0 Å². The van der Waals surface area contributed by atoms with Gasteiger partial charge in [-0.25, -0.2) is 0 Å². The van der Waals surface area contributed by atoms with Crippen molar-refractivity contribution in [3.05, 3.63) is 42.0 Å². The summed E-state index contributed by atoms with van der Waals surface area (Å²) in [6.45, 7) is 5.85. The fourth-order valence-corrected chi connectivity index (χ4v) is 3.27. The van der Waals surface area contributed by atoms with Crippen LogP contribution >= 0.6 is 0 Å². The molecule has 1 atom stereocenters. The topological polar surface area (TPSA) is 76.6 Å². The molecule has 0 amide bonds. The third-order valence-electron chi connectivity index (χ3n) is 4.91. The molecular formula is C24H36N4O4. The van der Waals surface area contributed by atoms with E-state index < -0.39 is 0 Å². The van der Waals surface area contributed by atoms with E-state index in [1.807, 2.05) is 64.3 Å². The normalized spacial score (nSPS) is 12.3. The SMILES string of the molecule is CCNC(=NCC(c1ccc(OC)c(OC)c1)N(C)C)Nc1ccc(OCC)c(OC)c1. The highest BCUT2D eigenvalue weighted by Gasteiger charge is 2.17. The molecule has 0 spiro atoms. The number of ether oxygens (including phenoxy) is 4. The molecule has 2 N–H and O–H groups in total. The number of likely N-dealkylation sites (N-methyl/N-ethyl adjacent to an activating group) is 1. The second-order valence-electron chi connectivity index (χ2n) is 7.24. The first kappa shape index (κ1) is 25.1. The molecule has 2 rings (SSSR count). The summed E-state index contributed by atoms with van der Waals surface area (Å²) in [5, 5.41) is 6.65. The molecule has 0 aliphatic carbocycles. The number of rotatable bonds is 11. The van der Waals surface area contributed by atoms with Gasteiger partial charge in [0.05, 0.1) is 40.5 Å². The molecule has 176 valence electrons. The van der Waals surface area contributed by atoms with E-state index in [2.05, 4.69) is 15.5 Å². The number of aliphatic imine (C=N–C) groups is 1. The van der Waals surface area contributed by atoms with Crippen molar-refractivity contribution >= 4 is 11.6 Å². The van der Waals surface area contributed by atoms with E-state index in [9.17, 15) is 0 Å². The fraction of sp³-hybridized carbons (Fsp3) is 0.458. The third-order valence-corrected chi connectivity index (χ3v) is 4.91. The van der Waals surface area contributed by atoms with Crippen LogP contribution in [-0.4, -0.2) is 66.0 Å². The summed E-state index contributed by atoms with van der Waals surface area (Å²) >= 11 is 0. The highest BCUT2D eigenvalue weighted by atomic mass is 16.5. The molecule has 2 aromatic carbocycles. The zero-order chi connectivity index (χ0) is 23.5. The van der Waals surface area contributed by atoms with E-state index in [1.165, 1.54) is 0 Å². The van der Waals surface area contributed by atoms with Gasteiger partial charge in [0.1, 0.15) is 0 Å². The van der Waals surface area contributed by atoms with Crippen molar-refractivity contribution in [2.45, 2.75) is 19.9 Å². The molecule has 0 bridgehead atoms. The molecule has 0 saturated heterocycles. The molecule has 0 heterocycles. The number of nitrogens with zero attached hydrogens (tertiary/aromatic N) is 2. The van der Waals surface area contributed by atoms with Gasteiger partial charge in [0.25, 0.3) is 0 Å². The number of benzene rings is 2. The lowest BCUT2D eigenvalue weighted by Crippen LogP contribution is -2.32. The summed E-state index contributed by atoms with van der Waals surface area (Å²) < 4.78 is 21.9. The van der Waals surface area contributed by atoms with Crippen LogP contribution in [0.3, 0.4) is 0 Å². The van der Waals surface area contributed by atoms with E-state index in [1.54, 1.807) is 21.3 Å². The summed E-state index contributed by atoms with van der Waals surface area (Å²) in [5.74, 6) is 3.47. The zero-order valence-electron chi connectivity index (χ0n) is 20.2. The summed E-state index contributed by atoms with van der Waals surface area (Å²) in [5.41, 5.74) is 1.95. The van der Waals surface area contributed by atoms with Crippen LogP contribution in [0.4, 0.5) is 5.69 Å². The maximum Gasteiger partial charge on any atom is 0.195 e. The zero-order valence-corrected chi connectivity index (χ0v) is 20.2. The van der Waals surface area contributed by atoms with Crippen LogP contribution in [0.5, 0.6) is 23.0 Å². The Hall–Kier alpha value is -3.13. The first-order chi connectivity index (χ1) is 15.5. The lowest BCUT2D eigenvalue weighted by atomic mass is 10.1. The van der Waals surface area contributed by atoms with Gasteiger partial charge >= 0.3 is 0 Å². The lowest BCUT2D eigenvalue weighted by molar-refractivity contribution is 0.303. The van der Waals surface area contributed by atoms with Gasteiger partial charge in [-0.3, -0.25) is 4.99 Å². The maximum atomic E-state index is 5.60.